The van der Waals surface area contributed by atoms with E-state index in [1.807, 2.05) is 0 Å². The lowest BCUT2D eigenvalue weighted by molar-refractivity contribution is -0.134. The smallest absolute Gasteiger partial charge is 0.254 e. The number of halogens is 1. The minimum atomic E-state index is -0.794. The summed E-state index contributed by atoms with van der Waals surface area (Å²) in [4.78, 5) is 50.9. The molecule has 0 saturated carbocycles. The quantitative estimate of drug-likeness (QED) is 0.615. The number of imide groups is 1. The van der Waals surface area contributed by atoms with Crippen LogP contribution in [0.15, 0.2) is 12.1 Å². The first-order chi connectivity index (χ1) is 11.9. The van der Waals surface area contributed by atoms with Crippen molar-refractivity contribution in [2.24, 2.45) is 0 Å². The number of aromatic nitrogens is 2. The Morgan fingerprint density at radius 3 is 2.92 bits per heavy atom. The molecule has 25 heavy (non-hydrogen) atoms. The summed E-state index contributed by atoms with van der Waals surface area (Å²) in [7, 11) is 0. The van der Waals surface area contributed by atoms with Crippen LogP contribution in [-0.4, -0.2) is 39.6 Å². The lowest BCUT2D eigenvalue weighted by Gasteiger charge is -2.21. The second-order valence-electron chi connectivity index (χ2n) is 5.73. The first-order valence-corrected chi connectivity index (χ1v) is 8.03. The Labute approximate surface area is 147 Å². The lowest BCUT2D eigenvalue weighted by atomic mass is 10.1. The number of imidazole rings is 1. The van der Waals surface area contributed by atoms with Gasteiger partial charge in [-0.15, -0.1) is 0 Å². The number of rotatable bonds is 4. The molecule has 0 bridgehead atoms. The summed E-state index contributed by atoms with van der Waals surface area (Å²) in [5.74, 6) is -0.841. The second kappa shape index (κ2) is 6.64. The highest BCUT2D eigenvalue weighted by atomic mass is 35.5. The number of benzene rings is 1. The normalized spacial score (nSPS) is 17.4. The molecular weight excluding hydrogens is 348 g/mol. The summed E-state index contributed by atoms with van der Waals surface area (Å²) in [5, 5.41) is 5.11. The van der Waals surface area contributed by atoms with Crippen LogP contribution >= 0.6 is 11.6 Å². The molecule has 1 fully saturated rings. The van der Waals surface area contributed by atoms with Gasteiger partial charge in [-0.05, 0) is 25.5 Å². The van der Waals surface area contributed by atoms with E-state index in [-0.39, 0.29) is 30.9 Å². The molecule has 2 heterocycles. The van der Waals surface area contributed by atoms with Crippen LogP contribution in [0.3, 0.4) is 0 Å². The van der Waals surface area contributed by atoms with Crippen molar-refractivity contribution in [3.8, 4) is 0 Å². The molecule has 1 aromatic heterocycles. The van der Waals surface area contributed by atoms with Crippen molar-refractivity contribution in [1.29, 1.82) is 0 Å². The highest BCUT2D eigenvalue weighted by Gasteiger charge is 2.29. The summed E-state index contributed by atoms with van der Waals surface area (Å²) in [6.45, 7) is 1.82. The zero-order valence-corrected chi connectivity index (χ0v) is 14.1. The fraction of sp³-hybridized carbons (Fsp3) is 0.312. The van der Waals surface area contributed by atoms with E-state index in [9.17, 15) is 19.2 Å². The highest BCUT2D eigenvalue weighted by molar-refractivity contribution is 6.32. The standard InChI is InChI=1S/C16H15ClN4O4/c1-8-18-14-10(6-9(17)7-12(14)21(8)4-5-22)15(24)19-11-2-3-13(23)20-16(11)25/h5-7,11H,2-4H2,1H3,(H,19,24)(H,20,23,25). The average Bonchev–Trinajstić information content (AvgIpc) is 2.86. The van der Waals surface area contributed by atoms with Gasteiger partial charge in [-0.25, -0.2) is 4.98 Å². The molecule has 130 valence electrons. The van der Waals surface area contributed by atoms with Crippen LogP contribution in [0, 0.1) is 6.92 Å². The summed E-state index contributed by atoms with van der Waals surface area (Å²) < 4.78 is 1.65. The van der Waals surface area contributed by atoms with E-state index in [0.717, 1.165) is 6.29 Å². The molecule has 1 aromatic carbocycles. The van der Waals surface area contributed by atoms with Crippen LogP contribution in [0.4, 0.5) is 0 Å². The Morgan fingerprint density at radius 2 is 2.24 bits per heavy atom. The van der Waals surface area contributed by atoms with Crippen molar-refractivity contribution in [3.63, 3.8) is 0 Å². The van der Waals surface area contributed by atoms with Gasteiger partial charge in [0.25, 0.3) is 5.91 Å². The van der Waals surface area contributed by atoms with E-state index in [0.29, 0.717) is 21.9 Å². The van der Waals surface area contributed by atoms with Gasteiger partial charge < -0.3 is 14.7 Å². The zero-order chi connectivity index (χ0) is 18.1. The number of hydrogen-bond donors (Lipinski definition) is 2. The van der Waals surface area contributed by atoms with Crippen LogP contribution in [0.5, 0.6) is 0 Å². The van der Waals surface area contributed by atoms with Crippen molar-refractivity contribution in [1.82, 2.24) is 20.2 Å². The lowest BCUT2D eigenvalue weighted by Crippen LogP contribution is -2.52. The van der Waals surface area contributed by atoms with E-state index in [1.165, 1.54) is 6.07 Å². The predicted molar refractivity (Wildman–Crippen MR) is 89.2 cm³/mol. The van der Waals surface area contributed by atoms with Crippen molar-refractivity contribution < 1.29 is 19.2 Å². The Hall–Kier alpha value is -2.74. The Balaban J connectivity index is 1.96. The van der Waals surface area contributed by atoms with E-state index < -0.39 is 17.9 Å². The minimum absolute atomic E-state index is 0.0941. The van der Waals surface area contributed by atoms with Gasteiger partial charge in [0.2, 0.25) is 11.8 Å². The highest BCUT2D eigenvalue weighted by Crippen LogP contribution is 2.25. The molecule has 8 nitrogen and oxygen atoms in total. The van der Waals surface area contributed by atoms with Crippen molar-refractivity contribution >= 4 is 46.6 Å². The van der Waals surface area contributed by atoms with Gasteiger partial charge in [-0.3, -0.25) is 19.7 Å². The number of nitrogens with one attached hydrogen (secondary N) is 2. The maximum Gasteiger partial charge on any atom is 0.254 e. The first-order valence-electron chi connectivity index (χ1n) is 7.65. The maximum absolute atomic E-state index is 12.6. The van der Waals surface area contributed by atoms with Crippen LogP contribution in [-0.2, 0) is 20.9 Å². The number of amides is 3. The van der Waals surface area contributed by atoms with Gasteiger partial charge in [0, 0.05) is 11.4 Å². The van der Waals surface area contributed by atoms with Gasteiger partial charge in [-0.1, -0.05) is 11.6 Å². The van der Waals surface area contributed by atoms with E-state index in [1.54, 1.807) is 17.6 Å². The SMILES string of the molecule is Cc1nc2c(C(=O)NC3CCC(=O)NC3=O)cc(Cl)cc2n1CC=O. The Kier molecular flexibility index (Phi) is 4.54. The second-order valence-corrected chi connectivity index (χ2v) is 6.17. The van der Waals surface area contributed by atoms with Crippen LogP contribution in [0.2, 0.25) is 5.02 Å². The van der Waals surface area contributed by atoms with Gasteiger partial charge in [0.15, 0.2) is 0 Å². The molecule has 0 radical (unpaired) electrons. The number of aryl methyl sites for hydroxylation is 1. The molecule has 2 N–H and O–H groups in total. The number of carbonyl (C=O) groups is 4. The van der Waals surface area contributed by atoms with E-state index in [4.69, 9.17) is 11.6 Å². The van der Waals surface area contributed by atoms with Gasteiger partial charge in [-0.2, -0.15) is 0 Å². The molecule has 1 unspecified atom stereocenters. The molecule has 3 rings (SSSR count). The van der Waals surface area contributed by atoms with Crippen molar-refractivity contribution in [3.05, 3.63) is 28.5 Å². The number of fused-ring (bicyclic) bond motifs is 1. The van der Waals surface area contributed by atoms with Gasteiger partial charge >= 0.3 is 0 Å². The fourth-order valence-electron chi connectivity index (χ4n) is 2.85. The fourth-order valence-corrected chi connectivity index (χ4v) is 3.06. The minimum Gasteiger partial charge on any atom is -0.340 e. The number of aldehydes is 1. The monoisotopic (exact) mass is 362 g/mol. The van der Waals surface area contributed by atoms with Crippen LogP contribution in [0.25, 0.3) is 11.0 Å². The molecule has 1 atom stereocenters. The molecule has 9 heteroatoms. The number of piperidine rings is 1. The third kappa shape index (κ3) is 3.25. The van der Waals surface area contributed by atoms with Crippen molar-refractivity contribution in [2.75, 3.05) is 0 Å². The molecule has 1 aliphatic heterocycles. The summed E-state index contributed by atoms with van der Waals surface area (Å²) in [6, 6.07) is 2.30. The van der Waals surface area contributed by atoms with Gasteiger partial charge in [0.05, 0.1) is 17.6 Å². The third-order valence-electron chi connectivity index (χ3n) is 4.06. The number of carbonyl (C=O) groups excluding carboxylic acids is 4. The zero-order valence-electron chi connectivity index (χ0n) is 13.3. The molecule has 0 spiro atoms. The number of hydrogen-bond acceptors (Lipinski definition) is 5. The Morgan fingerprint density at radius 1 is 1.48 bits per heavy atom. The molecule has 1 aliphatic rings. The van der Waals surface area contributed by atoms with Gasteiger partial charge in [0.1, 0.15) is 23.7 Å². The molecular formula is C16H15ClN4O4. The summed E-state index contributed by atoms with van der Waals surface area (Å²) >= 11 is 6.11. The largest absolute Gasteiger partial charge is 0.340 e. The molecule has 2 aromatic rings. The maximum atomic E-state index is 12.6. The number of nitrogens with zero attached hydrogens (tertiary/aromatic N) is 2. The summed E-state index contributed by atoms with van der Waals surface area (Å²) in [6.07, 6.45) is 1.13. The van der Waals surface area contributed by atoms with Crippen LogP contribution in [0.1, 0.15) is 29.0 Å². The topological polar surface area (TPSA) is 110 Å². The molecule has 3 amide bonds. The third-order valence-corrected chi connectivity index (χ3v) is 4.27. The molecule has 0 aliphatic carbocycles. The van der Waals surface area contributed by atoms with E-state index in [2.05, 4.69) is 15.6 Å². The van der Waals surface area contributed by atoms with E-state index >= 15 is 0 Å². The first kappa shape index (κ1) is 17.1. The summed E-state index contributed by atoms with van der Waals surface area (Å²) in [5.41, 5.74) is 1.17. The molecule has 1 saturated heterocycles. The average molecular weight is 363 g/mol. The predicted octanol–water partition coefficient (Wildman–Crippen LogP) is 0.732. The van der Waals surface area contributed by atoms with Crippen molar-refractivity contribution in [2.45, 2.75) is 32.4 Å². The van der Waals surface area contributed by atoms with Crippen LogP contribution < -0.4 is 10.6 Å². The Bertz CT molecular complexity index is 905.